The molecular formula is C13H12Cl2N2S. The third-order valence-electron chi connectivity index (χ3n) is 2.55. The minimum atomic E-state index is 0.268. The van der Waals surface area contributed by atoms with E-state index in [0.29, 0.717) is 14.7 Å². The lowest BCUT2D eigenvalue weighted by molar-refractivity contribution is 0.773. The third kappa shape index (κ3) is 2.74. The van der Waals surface area contributed by atoms with Gasteiger partial charge in [-0.1, -0.05) is 61.4 Å². The Bertz CT molecular complexity index is 635. The van der Waals surface area contributed by atoms with Crippen LogP contribution in [-0.4, -0.2) is 9.97 Å². The lowest BCUT2D eigenvalue weighted by Crippen LogP contribution is -1.99. The predicted molar refractivity (Wildman–Crippen MR) is 79.0 cm³/mol. The van der Waals surface area contributed by atoms with Gasteiger partial charge in [0.15, 0.2) is 0 Å². The van der Waals surface area contributed by atoms with Crippen LogP contribution in [0.5, 0.6) is 0 Å². The molecule has 5 heteroatoms. The summed E-state index contributed by atoms with van der Waals surface area (Å²) in [6, 6.07) is 7.31. The van der Waals surface area contributed by atoms with Gasteiger partial charge in [0, 0.05) is 11.5 Å². The second-order valence-electron chi connectivity index (χ2n) is 4.27. The number of aromatic amines is 1. The van der Waals surface area contributed by atoms with Gasteiger partial charge in [0.25, 0.3) is 0 Å². The Balaban J connectivity index is 2.64. The fraction of sp³-hybridized carbons (Fsp3) is 0.231. The standard InChI is InChI=1S/C13H12Cl2N2S/c1-7(2)13-16-10(6-11(18)17-13)8-4-3-5-9(14)12(8)15/h3-7H,1-2H3,(H,16,17,18). The first-order valence-corrected chi connectivity index (χ1v) is 6.71. The van der Waals surface area contributed by atoms with Crippen molar-refractivity contribution < 1.29 is 0 Å². The highest BCUT2D eigenvalue weighted by molar-refractivity contribution is 7.71. The van der Waals surface area contributed by atoms with E-state index in [1.165, 1.54) is 0 Å². The van der Waals surface area contributed by atoms with Crippen LogP contribution in [0.3, 0.4) is 0 Å². The molecule has 1 N–H and O–H groups in total. The second-order valence-corrected chi connectivity index (χ2v) is 5.48. The van der Waals surface area contributed by atoms with Crippen molar-refractivity contribution in [3.8, 4) is 11.3 Å². The van der Waals surface area contributed by atoms with E-state index >= 15 is 0 Å². The fourth-order valence-corrected chi connectivity index (χ4v) is 2.23. The van der Waals surface area contributed by atoms with Crippen LogP contribution in [-0.2, 0) is 0 Å². The number of hydrogen-bond acceptors (Lipinski definition) is 2. The summed E-state index contributed by atoms with van der Waals surface area (Å²) in [7, 11) is 0. The van der Waals surface area contributed by atoms with E-state index in [-0.39, 0.29) is 5.92 Å². The Hall–Kier alpha value is -0.900. The Labute approximate surface area is 121 Å². The molecule has 0 amide bonds. The van der Waals surface area contributed by atoms with Crippen molar-refractivity contribution in [3.05, 3.63) is 44.8 Å². The Kier molecular flexibility index (Phi) is 4.05. The van der Waals surface area contributed by atoms with Crippen molar-refractivity contribution in [2.45, 2.75) is 19.8 Å². The number of halogens is 2. The van der Waals surface area contributed by atoms with Gasteiger partial charge in [0.2, 0.25) is 0 Å². The number of aromatic nitrogens is 2. The Morgan fingerprint density at radius 3 is 2.67 bits per heavy atom. The molecule has 1 heterocycles. The summed E-state index contributed by atoms with van der Waals surface area (Å²) in [6.45, 7) is 4.11. The molecule has 0 radical (unpaired) electrons. The first-order chi connectivity index (χ1) is 8.49. The van der Waals surface area contributed by atoms with Crippen LogP contribution in [0.2, 0.25) is 10.0 Å². The van der Waals surface area contributed by atoms with Crippen LogP contribution < -0.4 is 0 Å². The van der Waals surface area contributed by atoms with Crippen LogP contribution in [0, 0.1) is 4.64 Å². The average Bonchev–Trinajstić information content (AvgIpc) is 2.31. The van der Waals surface area contributed by atoms with Gasteiger partial charge in [-0.15, -0.1) is 0 Å². The summed E-state index contributed by atoms with van der Waals surface area (Å²) >= 11 is 17.4. The first-order valence-electron chi connectivity index (χ1n) is 5.54. The number of nitrogens with one attached hydrogen (secondary N) is 1. The lowest BCUT2D eigenvalue weighted by Gasteiger charge is -2.10. The molecule has 0 unspecified atom stereocenters. The highest BCUT2D eigenvalue weighted by Crippen LogP contribution is 2.32. The molecule has 94 valence electrons. The van der Waals surface area contributed by atoms with Crippen LogP contribution in [0.25, 0.3) is 11.3 Å². The minimum Gasteiger partial charge on any atom is -0.343 e. The molecule has 18 heavy (non-hydrogen) atoms. The second kappa shape index (κ2) is 5.39. The van der Waals surface area contributed by atoms with E-state index in [4.69, 9.17) is 35.4 Å². The highest BCUT2D eigenvalue weighted by Gasteiger charge is 2.10. The smallest absolute Gasteiger partial charge is 0.130 e. The molecule has 0 aliphatic carbocycles. The molecule has 0 fully saturated rings. The van der Waals surface area contributed by atoms with Crippen LogP contribution >= 0.6 is 35.4 Å². The van der Waals surface area contributed by atoms with E-state index in [2.05, 4.69) is 23.8 Å². The minimum absolute atomic E-state index is 0.268. The van der Waals surface area contributed by atoms with Crippen molar-refractivity contribution in [3.63, 3.8) is 0 Å². The number of nitrogens with zero attached hydrogens (tertiary/aromatic N) is 1. The molecule has 0 spiro atoms. The Morgan fingerprint density at radius 1 is 1.28 bits per heavy atom. The highest BCUT2D eigenvalue weighted by atomic mass is 35.5. The third-order valence-corrected chi connectivity index (χ3v) is 3.58. The molecule has 0 aliphatic heterocycles. The normalized spacial score (nSPS) is 10.9. The molecule has 2 aromatic rings. The summed E-state index contributed by atoms with van der Waals surface area (Å²) in [6.07, 6.45) is 0. The van der Waals surface area contributed by atoms with E-state index in [9.17, 15) is 0 Å². The van der Waals surface area contributed by atoms with E-state index in [1.807, 2.05) is 12.1 Å². The molecule has 0 saturated carbocycles. The molecule has 1 aromatic heterocycles. The van der Waals surface area contributed by atoms with Crippen molar-refractivity contribution >= 4 is 35.4 Å². The molecule has 2 nitrogen and oxygen atoms in total. The SMILES string of the molecule is CC(C)c1nc(=S)cc(-c2cccc(Cl)c2Cl)[nH]1. The summed E-state index contributed by atoms with van der Waals surface area (Å²) in [5, 5.41) is 1.04. The van der Waals surface area contributed by atoms with Gasteiger partial charge in [-0.05, 0) is 12.1 Å². The number of benzene rings is 1. The quantitative estimate of drug-likeness (QED) is 0.768. The zero-order valence-corrected chi connectivity index (χ0v) is 12.3. The summed E-state index contributed by atoms with van der Waals surface area (Å²) in [5.74, 6) is 1.11. The van der Waals surface area contributed by atoms with Gasteiger partial charge in [0.1, 0.15) is 10.5 Å². The van der Waals surface area contributed by atoms with E-state index < -0.39 is 0 Å². The molecule has 0 bridgehead atoms. The van der Waals surface area contributed by atoms with Crippen LogP contribution in [0.15, 0.2) is 24.3 Å². The van der Waals surface area contributed by atoms with Gasteiger partial charge >= 0.3 is 0 Å². The van der Waals surface area contributed by atoms with Crippen molar-refractivity contribution in [2.24, 2.45) is 0 Å². The van der Waals surface area contributed by atoms with E-state index in [1.54, 1.807) is 12.1 Å². The maximum Gasteiger partial charge on any atom is 0.130 e. The molecule has 0 atom stereocenters. The van der Waals surface area contributed by atoms with Gasteiger partial charge < -0.3 is 4.98 Å². The molecule has 0 saturated heterocycles. The summed E-state index contributed by atoms with van der Waals surface area (Å²) in [5.41, 5.74) is 1.67. The van der Waals surface area contributed by atoms with E-state index in [0.717, 1.165) is 17.1 Å². The molecular weight excluding hydrogens is 287 g/mol. The predicted octanol–water partition coefficient (Wildman–Crippen LogP) is 5.24. The van der Waals surface area contributed by atoms with Crippen LogP contribution in [0.1, 0.15) is 25.6 Å². The van der Waals surface area contributed by atoms with Gasteiger partial charge in [0.05, 0.1) is 15.7 Å². The van der Waals surface area contributed by atoms with Gasteiger partial charge in [-0.2, -0.15) is 0 Å². The molecule has 1 aromatic carbocycles. The monoisotopic (exact) mass is 298 g/mol. The van der Waals surface area contributed by atoms with Crippen molar-refractivity contribution in [1.29, 1.82) is 0 Å². The molecule has 2 rings (SSSR count). The van der Waals surface area contributed by atoms with Crippen LogP contribution in [0.4, 0.5) is 0 Å². The largest absolute Gasteiger partial charge is 0.343 e. The average molecular weight is 299 g/mol. The topological polar surface area (TPSA) is 28.7 Å². The van der Waals surface area contributed by atoms with Gasteiger partial charge in [-0.3, -0.25) is 0 Å². The summed E-state index contributed by atoms with van der Waals surface area (Å²) < 4.78 is 0.545. The molecule has 0 aliphatic rings. The Morgan fingerprint density at radius 2 is 2.00 bits per heavy atom. The van der Waals surface area contributed by atoms with Crippen molar-refractivity contribution in [2.75, 3.05) is 0 Å². The maximum absolute atomic E-state index is 6.21. The zero-order chi connectivity index (χ0) is 13.3. The zero-order valence-electron chi connectivity index (χ0n) is 10.00. The maximum atomic E-state index is 6.21. The van der Waals surface area contributed by atoms with Gasteiger partial charge in [-0.25, -0.2) is 4.98 Å². The first kappa shape index (κ1) is 13.5. The summed E-state index contributed by atoms with van der Waals surface area (Å²) in [4.78, 5) is 7.54. The lowest BCUT2D eigenvalue weighted by atomic mass is 10.1. The number of H-pyrrole nitrogens is 1. The number of rotatable bonds is 2. The van der Waals surface area contributed by atoms with Crippen molar-refractivity contribution in [1.82, 2.24) is 9.97 Å². The number of hydrogen-bond donors (Lipinski definition) is 1. The fourth-order valence-electron chi connectivity index (χ4n) is 1.61.